The molecule has 1 amide bonds. The molecule has 2 aliphatic heterocycles. The zero-order chi connectivity index (χ0) is 27.5. The summed E-state index contributed by atoms with van der Waals surface area (Å²) in [5, 5.41) is 10.6. The molecular formula is C30H39BrN2O4. The number of methoxy groups -OCH3 is 1. The third-order valence-electron chi connectivity index (χ3n) is 5.76. The number of carbonyl (C=O) groups is 1. The van der Waals surface area contributed by atoms with E-state index in [1.165, 1.54) is 5.57 Å². The van der Waals surface area contributed by atoms with E-state index in [1.807, 2.05) is 51.0 Å². The van der Waals surface area contributed by atoms with Gasteiger partial charge in [0.25, 0.3) is 5.91 Å². The van der Waals surface area contributed by atoms with Crippen LogP contribution in [-0.4, -0.2) is 35.3 Å². The topological polar surface area (TPSA) is 71.4 Å². The molecule has 4 rings (SSSR count). The first-order valence-electron chi connectivity index (χ1n) is 12.9. The van der Waals surface area contributed by atoms with Gasteiger partial charge in [-0.25, -0.2) is 0 Å². The Labute approximate surface area is 229 Å². The summed E-state index contributed by atoms with van der Waals surface area (Å²) >= 11 is 3.41. The molecule has 37 heavy (non-hydrogen) atoms. The Morgan fingerprint density at radius 3 is 2.46 bits per heavy atom. The zero-order valence-corrected chi connectivity index (χ0v) is 24.6. The Morgan fingerprint density at radius 2 is 1.81 bits per heavy atom. The Bertz CT molecular complexity index is 1170. The maximum absolute atomic E-state index is 13.6. The molecule has 0 bridgehead atoms. The van der Waals surface area contributed by atoms with Crippen LogP contribution in [0, 0.1) is 0 Å². The molecule has 2 aliphatic rings. The number of hydrogen-bond acceptors (Lipinski definition) is 5. The summed E-state index contributed by atoms with van der Waals surface area (Å²) < 4.78 is 11.6. The lowest BCUT2D eigenvalue weighted by Gasteiger charge is -2.23. The average molecular weight is 572 g/mol. The molecular weight excluding hydrogens is 532 g/mol. The van der Waals surface area contributed by atoms with Gasteiger partial charge < -0.3 is 14.6 Å². The van der Waals surface area contributed by atoms with E-state index in [0.29, 0.717) is 28.1 Å². The molecule has 7 heteroatoms. The molecule has 1 unspecified atom stereocenters. The second-order valence-corrected chi connectivity index (χ2v) is 8.71. The van der Waals surface area contributed by atoms with E-state index in [4.69, 9.17) is 9.47 Å². The van der Waals surface area contributed by atoms with Gasteiger partial charge in [-0.15, -0.1) is 0 Å². The molecule has 1 N–H and O–H groups in total. The lowest BCUT2D eigenvalue weighted by atomic mass is 10.1. The molecule has 1 atom stereocenters. The maximum atomic E-state index is 13.6. The second kappa shape index (κ2) is 14.6. The molecule has 2 heterocycles. The number of aliphatic imine (C=N–C) groups is 1. The Hall–Kier alpha value is -3.06. The van der Waals surface area contributed by atoms with Crippen molar-refractivity contribution in [3.8, 4) is 17.2 Å². The van der Waals surface area contributed by atoms with Crippen LogP contribution in [0.25, 0.3) is 0 Å². The number of phenols is 1. The molecule has 0 radical (unpaired) electrons. The summed E-state index contributed by atoms with van der Waals surface area (Å²) in [6.07, 6.45) is 7.60. The molecule has 2 aromatic rings. The first-order chi connectivity index (χ1) is 17.9. The summed E-state index contributed by atoms with van der Waals surface area (Å²) in [4.78, 5) is 20.0. The SMILES string of the molecule is CC.CC.CC/C=C\C1=C(C)CC2C=Nc3cc(OCc4cc(O)cc(CBr)c4)c(OC)cc3C(=O)N12. The minimum Gasteiger partial charge on any atom is -0.508 e. The predicted molar refractivity (Wildman–Crippen MR) is 156 cm³/mol. The highest BCUT2D eigenvalue weighted by Gasteiger charge is 2.36. The monoisotopic (exact) mass is 570 g/mol. The van der Waals surface area contributed by atoms with Crippen LogP contribution in [0.5, 0.6) is 17.2 Å². The summed E-state index contributed by atoms with van der Waals surface area (Å²) in [5.74, 6) is 1.04. The third-order valence-corrected chi connectivity index (χ3v) is 6.41. The molecule has 0 saturated carbocycles. The Balaban J connectivity index is 0.00000115. The number of phenolic OH excluding ortho intramolecular Hbond substituents is 1. The normalized spacial score (nSPS) is 15.8. The van der Waals surface area contributed by atoms with Crippen molar-refractivity contribution in [1.82, 2.24) is 4.90 Å². The zero-order valence-electron chi connectivity index (χ0n) is 23.0. The maximum Gasteiger partial charge on any atom is 0.261 e. The van der Waals surface area contributed by atoms with E-state index in [2.05, 4.69) is 40.8 Å². The van der Waals surface area contributed by atoms with Gasteiger partial charge in [-0.1, -0.05) is 62.7 Å². The fourth-order valence-electron chi connectivity index (χ4n) is 4.19. The quantitative estimate of drug-likeness (QED) is 0.341. The van der Waals surface area contributed by atoms with Crippen LogP contribution in [0.4, 0.5) is 5.69 Å². The standard InChI is InChI=1S/C26H27BrN2O4.2C2H6/c1-4-5-6-23-16(2)7-19-14-28-22-12-25(24(32-3)11-21(22)26(31)29(19)23)33-15-18-8-17(13-27)9-20(30)10-18;2*1-2/h5-6,8-12,14,19,30H,4,7,13,15H2,1-3H3;2*1-2H3/b6-5-;;. The minimum absolute atomic E-state index is 0.0973. The smallest absolute Gasteiger partial charge is 0.261 e. The van der Waals surface area contributed by atoms with E-state index in [0.717, 1.165) is 29.7 Å². The van der Waals surface area contributed by atoms with Crippen molar-refractivity contribution < 1.29 is 19.4 Å². The summed E-state index contributed by atoms with van der Waals surface area (Å²) in [5.41, 5.74) is 4.93. The highest BCUT2D eigenvalue weighted by atomic mass is 79.9. The van der Waals surface area contributed by atoms with E-state index >= 15 is 0 Å². The van der Waals surface area contributed by atoms with Crippen molar-refractivity contribution in [2.75, 3.05) is 7.11 Å². The molecule has 0 aliphatic carbocycles. The van der Waals surface area contributed by atoms with E-state index < -0.39 is 0 Å². The summed E-state index contributed by atoms with van der Waals surface area (Å²) in [6.45, 7) is 12.4. The lowest BCUT2D eigenvalue weighted by molar-refractivity contribution is 0.0806. The average Bonchev–Trinajstić information content (AvgIpc) is 3.18. The number of halogens is 1. The number of hydrogen-bond donors (Lipinski definition) is 1. The van der Waals surface area contributed by atoms with Gasteiger partial charge in [-0.3, -0.25) is 14.7 Å². The summed E-state index contributed by atoms with van der Waals surface area (Å²) in [7, 11) is 1.55. The van der Waals surface area contributed by atoms with Crippen molar-refractivity contribution in [3.63, 3.8) is 0 Å². The number of carbonyl (C=O) groups excluding carboxylic acids is 1. The highest BCUT2D eigenvalue weighted by Crippen LogP contribution is 2.40. The number of fused-ring (bicyclic) bond motifs is 2. The van der Waals surface area contributed by atoms with Crippen LogP contribution in [0.3, 0.4) is 0 Å². The van der Waals surface area contributed by atoms with Crippen LogP contribution in [0.15, 0.2) is 58.7 Å². The minimum atomic E-state index is -0.105. The molecule has 2 aromatic carbocycles. The molecule has 0 fully saturated rings. The van der Waals surface area contributed by atoms with E-state index in [1.54, 1.807) is 31.4 Å². The van der Waals surface area contributed by atoms with Crippen molar-refractivity contribution in [2.24, 2.45) is 4.99 Å². The number of benzene rings is 2. The molecule has 0 aromatic heterocycles. The number of amides is 1. The van der Waals surface area contributed by atoms with Gasteiger partial charge in [0.05, 0.1) is 24.4 Å². The van der Waals surface area contributed by atoms with Crippen LogP contribution in [-0.2, 0) is 11.9 Å². The van der Waals surface area contributed by atoms with Gasteiger partial charge >= 0.3 is 0 Å². The van der Waals surface area contributed by atoms with E-state index in [9.17, 15) is 9.90 Å². The van der Waals surface area contributed by atoms with Crippen LogP contribution >= 0.6 is 15.9 Å². The lowest BCUT2D eigenvalue weighted by Crippen LogP contribution is -2.35. The van der Waals surface area contributed by atoms with Gasteiger partial charge in [0.1, 0.15) is 12.4 Å². The fraction of sp³-hybridized carbons (Fsp3) is 0.400. The van der Waals surface area contributed by atoms with Gasteiger partial charge in [0.15, 0.2) is 11.5 Å². The third kappa shape index (κ3) is 7.04. The Kier molecular flexibility index (Phi) is 11.9. The number of rotatable bonds is 7. The highest BCUT2D eigenvalue weighted by molar-refractivity contribution is 9.08. The second-order valence-electron chi connectivity index (χ2n) is 8.15. The van der Waals surface area contributed by atoms with Crippen molar-refractivity contribution >= 4 is 33.7 Å². The van der Waals surface area contributed by atoms with Crippen molar-refractivity contribution in [1.29, 1.82) is 0 Å². The van der Waals surface area contributed by atoms with Gasteiger partial charge in [0.2, 0.25) is 0 Å². The van der Waals surface area contributed by atoms with Gasteiger partial charge in [0, 0.05) is 23.3 Å². The van der Waals surface area contributed by atoms with Crippen molar-refractivity contribution in [2.45, 2.75) is 72.4 Å². The number of nitrogens with zero attached hydrogens (tertiary/aromatic N) is 2. The largest absolute Gasteiger partial charge is 0.508 e. The van der Waals surface area contributed by atoms with Gasteiger partial charge in [-0.2, -0.15) is 0 Å². The number of aromatic hydroxyl groups is 1. The van der Waals surface area contributed by atoms with Crippen LogP contribution in [0.1, 0.15) is 75.9 Å². The first kappa shape index (κ1) is 30.2. The number of ether oxygens (including phenoxy) is 2. The number of alkyl halides is 1. The summed E-state index contributed by atoms with van der Waals surface area (Å²) in [6, 6.07) is 8.67. The predicted octanol–water partition coefficient (Wildman–Crippen LogP) is 8.10. The van der Waals surface area contributed by atoms with E-state index in [-0.39, 0.29) is 24.3 Å². The molecule has 0 saturated heterocycles. The molecule has 200 valence electrons. The van der Waals surface area contributed by atoms with Gasteiger partial charge in [-0.05, 0) is 60.7 Å². The van der Waals surface area contributed by atoms with Crippen molar-refractivity contribution in [3.05, 3.63) is 70.4 Å². The molecule has 6 nitrogen and oxygen atoms in total. The molecule has 0 spiro atoms. The van der Waals surface area contributed by atoms with Crippen LogP contribution < -0.4 is 9.47 Å². The number of allylic oxidation sites excluding steroid dienone is 2. The fourth-order valence-corrected chi connectivity index (χ4v) is 4.51. The first-order valence-corrected chi connectivity index (χ1v) is 14.0. The van der Waals surface area contributed by atoms with Crippen LogP contribution in [0.2, 0.25) is 0 Å². The Morgan fingerprint density at radius 1 is 1.11 bits per heavy atom.